The van der Waals surface area contributed by atoms with Crippen molar-refractivity contribution >= 4 is 28.6 Å². The van der Waals surface area contributed by atoms with E-state index in [-0.39, 0.29) is 6.03 Å². The van der Waals surface area contributed by atoms with E-state index in [9.17, 15) is 4.79 Å². The Morgan fingerprint density at radius 1 is 1.40 bits per heavy atom. The lowest BCUT2D eigenvalue weighted by Crippen LogP contribution is -2.47. The smallest absolute Gasteiger partial charge is 0.315 e. The first kappa shape index (κ1) is 13.1. The molecule has 0 aromatic rings. The monoisotopic (exact) mass is 324 g/mol. The Morgan fingerprint density at radius 2 is 2.13 bits per heavy atom. The van der Waals surface area contributed by atoms with E-state index in [0.29, 0.717) is 9.97 Å². The van der Waals surface area contributed by atoms with Gasteiger partial charge in [0.2, 0.25) is 0 Å². The maximum absolute atomic E-state index is 11.5. The first-order valence-corrected chi connectivity index (χ1v) is 7.17. The van der Waals surface area contributed by atoms with E-state index < -0.39 is 0 Å². The largest absolute Gasteiger partial charge is 0.338 e. The molecule has 0 aromatic heterocycles. The Bertz CT molecular complexity index is 199. The van der Waals surface area contributed by atoms with Gasteiger partial charge in [0.25, 0.3) is 0 Å². The van der Waals surface area contributed by atoms with Crippen molar-refractivity contribution < 1.29 is 4.79 Å². The van der Waals surface area contributed by atoms with Crippen LogP contribution in [0.4, 0.5) is 4.79 Å². The van der Waals surface area contributed by atoms with Gasteiger partial charge in [-0.15, -0.1) is 0 Å². The maximum atomic E-state index is 11.5. The number of carbonyl (C=O) groups is 1. The quantitative estimate of drug-likeness (QED) is 0.466. The van der Waals surface area contributed by atoms with Gasteiger partial charge in [0.15, 0.2) is 0 Å². The third-order valence-electron chi connectivity index (χ3n) is 2.81. The third kappa shape index (κ3) is 5.04. The Labute approximate surface area is 106 Å². The third-order valence-corrected chi connectivity index (χ3v) is 4.30. The Hall–Kier alpha value is 0. The van der Waals surface area contributed by atoms with Crippen LogP contribution in [0.25, 0.3) is 0 Å². The van der Waals surface area contributed by atoms with E-state index in [1.54, 1.807) is 0 Å². The van der Waals surface area contributed by atoms with Crippen LogP contribution in [0.3, 0.4) is 0 Å². The summed E-state index contributed by atoms with van der Waals surface area (Å²) in [5.74, 6) is 0. The van der Waals surface area contributed by atoms with Gasteiger partial charge in [-0.3, -0.25) is 0 Å². The average molecular weight is 324 g/mol. The number of alkyl halides is 1. The highest BCUT2D eigenvalue weighted by molar-refractivity contribution is 14.1. The zero-order chi connectivity index (χ0) is 11.1. The second-order valence-electron chi connectivity index (χ2n) is 4.16. The van der Waals surface area contributed by atoms with E-state index in [2.05, 4.69) is 40.1 Å². The zero-order valence-electron chi connectivity index (χ0n) is 9.39. The topological polar surface area (TPSA) is 41.1 Å². The molecular weight excluding hydrogens is 303 g/mol. The van der Waals surface area contributed by atoms with Crippen molar-refractivity contribution in [3.05, 3.63) is 0 Å². The molecule has 88 valence electrons. The molecule has 1 aliphatic carbocycles. The molecule has 0 bridgehead atoms. The van der Waals surface area contributed by atoms with Crippen molar-refractivity contribution in [2.45, 2.75) is 55.4 Å². The predicted octanol–water partition coefficient (Wildman–Crippen LogP) is 2.83. The molecule has 1 aliphatic rings. The fourth-order valence-electron chi connectivity index (χ4n) is 1.85. The predicted molar refractivity (Wildman–Crippen MR) is 71.5 cm³/mol. The second kappa shape index (κ2) is 7.30. The molecule has 1 rings (SSSR count). The van der Waals surface area contributed by atoms with Crippen LogP contribution in [-0.2, 0) is 0 Å². The SMILES string of the molecule is CCCCNC(=O)N[C@H]1CCCC[C@@H]1I. The zero-order valence-corrected chi connectivity index (χ0v) is 11.5. The molecule has 0 aliphatic heterocycles. The number of urea groups is 1. The fraction of sp³-hybridized carbons (Fsp3) is 0.909. The van der Waals surface area contributed by atoms with Gasteiger partial charge in [-0.05, 0) is 19.3 Å². The minimum absolute atomic E-state index is 0.0111. The summed E-state index contributed by atoms with van der Waals surface area (Å²) in [7, 11) is 0. The summed E-state index contributed by atoms with van der Waals surface area (Å²) in [5, 5.41) is 5.97. The van der Waals surface area contributed by atoms with E-state index in [0.717, 1.165) is 25.8 Å². The number of unbranched alkanes of at least 4 members (excludes halogenated alkanes) is 1. The van der Waals surface area contributed by atoms with Gasteiger partial charge in [0, 0.05) is 16.5 Å². The summed E-state index contributed by atoms with van der Waals surface area (Å²) in [6.45, 7) is 2.92. The van der Waals surface area contributed by atoms with Crippen molar-refractivity contribution in [3.63, 3.8) is 0 Å². The van der Waals surface area contributed by atoms with Crippen molar-refractivity contribution in [2.24, 2.45) is 0 Å². The number of amides is 2. The van der Waals surface area contributed by atoms with Gasteiger partial charge in [0.1, 0.15) is 0 Å². The lowest BCUT2D eigenvalue weighted by molar-refractivity contribution is 0.233. The molecule has 1 saturated carbocycles. The van der Waals surface area contributed by atoms with Crippen LogP contribution < -0.4 is 10.6 Å². The van der Waals surface area contributed by atoms with Crippen molar-refractivity contribution in [2.75, 3.05) is 6.54 Å². The van der Waals surface area contributed by atoms with Crippen LogP contribution in [0.1, 0.15) is 45.4 Å². The molecule has 3 nitrogen and oxygen atoms in total. The first-order chi connectivity index (χ1) is 7.24. The summed E-state index contributed by atoms with van der Waals surface area (Å²) in [5.41, 5.74) is 0. The molecule has 0 spiro atoms. The van der Waals surface area contributed by atoms with Crippen LogP contribution >= 0.6 is 22.6 Å². The lowest BCUT2D eigenvalue weighted by atomic mass is 9.95. The number of hydrogen-bond donors (Lipinski definition) is 2. The summed E-state index contributed by atoms with van der Waals surface area (Å²) >= 11 is 2.45. The van der Waals surface area contributed by atoms with E-state index in [1.807, 2.05) is 0 Å². The van der Waals surface area contributed by atoms with Crippen LogP contribution in [0, 0.1) is 0 Å². The van der Waals surface area contributed by atoms with Crippen molar-refractivity contribution in [3.8, 4) is 0 Å². The number of carbonyl (C=O) groups excluding carboxylic acids is 1. The van der Waals surface area contributed by atoms with E-state index in [1.165, 1.54) is 19.3 Å². The minimum Gasteiger partial charge on any atom is -0.338 e. The highest BCUT2D eigenvalue weighted by Crippen LogP contribution is 2.24. The highest BCUT2D eigenvalue weighted by atomic mass is 127. The molecule has 2 amide bonds. The normalized spacial score (nSPS) is 26.0. The maximum Gasteiger partial charge on any atom is 0.315 e. The molecule has 0 aromatic carbocycles. The fourth-order valence-corrected chi connectivity index (χ4v) is 2.83. The Balaban J connectivity index is 2.18. The molecule has 15 heavy (non-hydrogen) atoms. The van der Waals surface area contributed by atoms with Crippen molar-refractivity contribution in [1.82, 2.24) is 10.6 Å². The van der Waals surface area contributed by atoms with Gasteiger partial charge in [0.05, 0.1) is 0 Å². The summed E-state index contributed by atoms with van der Waals surface area (Å²) in [6, 6.07) is 0.387. The van der Waals surface area contributed by atoms with E-state index >= 15 is 0 Å². The molecule has 0 saturated heterocycles. The molecule has 2 N–H and O–H groups in total. The molecule has 0 unspecified atom stereocenters. The van der Waals surface area contributed by atoms with Crippen LogP contribution in [0.15, 0.2) is 0 Å². The van der Waals surface area contributed by atoms with Gasteiger partial charge < -0.3 is 10.6 Å². The molecule has 1 fully saturated rings. The van der Waals surface area contributed by atoms with Crippen LogP contribution in [0.2, 0.25) is 0 Å². The lowest BCUT2D eigenvalue weighted by Gasteiger charge is -2.28. The Morgan fingerprint density at radius 3 is 2.80 bits per heavy atom. The summed E-state index contributed by atoms with van der Waals surface area (Å²) in [6.07, 6.45) is 7.11. The Kier molecular flexibility index (Phi) is 6.36. The van der Waals surface area contributed by atoms with E-state index in [4.69, 9.17) is 0 Å². The molecule has 4 heteroatoms. The van der Waals surface area contributed by atoms with Gasteiger partial charge >= 0.3 is 6.03 Å². The minimum atomic E-state index is 0.0111. The standard InChI is InChI=1S/C11H21IN2O/c1-2-3-8-13-11(15)14-10-7-5-4-6-9(10)12/h9-10H,2-8H2,1H3,(H2,13,14,15)/t9-,10-/m0/s1. The number of rotatable bonds is 4. The van der Waals surface area contributed by atoms with Crippen molar-refractivity contribution in [1.29, 1.82) is 0 Å². The van der Waals surface area contributed by atoms with Crippen LogP contribution in [0.5, 0.6) is 0 Å². The molecule has 0 heterocycles. The second-order valence-corrected chi connectivity index (χ2v) is 5.76. The molecular formula is C11H21IN2O. The summed E-state index contributed by atoms with van der Waals surface area (Å²) in [4.78, 5) is 11.5. The first-order valence-electron chi connectivity index (χ1n) is 5.92. The van der Waals surface area contributed by atoms with Gasteiger partial charge in [-0.1, -0.05) is 48.8 Å². The number of hydrogen-bond acceptors (Lipinski definition) is 1. The molecule has 2 atom stereocenters. The average Bonchev–Trinajstić information content (AvgIpc) is 2.22. The number of nitrogens with one attached hydrogen (secondary N) is 2. The highest BCUT2D eigenvalue weighted by Gasteiger charge is 2.23. The summed E-state index contributed by atoms with van der Waals surface area (Å²) < 4.78 is 0.605. The number of halogens is 1. The van der Waals surface area contributed by atoms with Gasteiger partial charge in [-0.25, -0.2) is 4.79 Å². The van der Waals surface area contributed by atoms with Gasteiger partial charge in [-0.2, -0.15) is 0 Å². The van der Waals surface area contributed by atoms with Crippen LogP contribution in [-0.4, -0.2) is 22.5 Å². The molecule has 0 radical (unpaired) electrons.